The summed E-state index contributed by atoms with van der Waals surface area (Å²) in [6.07, 6.45) is 8.18. The van der Waals surface area contributed by atoms with Gasteiger partial charge in [-0.25, -0.2) is 4.98 Å². The van der Waals surface area contributed by atoms with Crippen molar-refractivity contribution in [1.82, 2.24) is 19.8 Å². The highest BCUT2D eigenvalue weighted by Crippen LogP contribution is 2.40. The van der Waals surface area contributed by atoms with E-state index in [4.69, 9.17) is 4.98 Å². The third kappa shape index (κ3) is 4.22. The van der Waals surface area contributed by atoms with Crippen LogP contribution in [-0.4, -0.2) is 76.0 Å². The molecule has 4 aliphatic rings. The van der Waals surface area contributed by atoms with E-state index in [1.807, 2.05) is 6.20 Å². The lowest BCUT2D eigenvalue weighted by Crippen LogP contribution is -2.48. The standard InChI is InChI=1S/C27H37N7O/c1-19(2)32-13-15-33(16-14-32)22-9-7-21(8-10-22)29-26-28-18-20-17-27(31-24(20)30-26)11-12-34(25(27)35)23-5-3-4-6-23/h7-10,18-19,23H,3-6,11-17H2,1-2H3,(H2,28,29,30,31). The van der Waals surface area contributed by atoms with Gasteiger partial charge in [-0.3, -0.25) is 9.69 Å². The van der Waals surface area contributed by atoms with Gasteiger partial charge in [0.1, 0.15) is 11.4 Å². The molecule has 1 saturated carbocycles. The third-order valence-electron chi connectivity index (χ3n) is 8.46. The molecule has 6 rings (SSSR count). The first-order valence-corrected chi connectivity index (χ1v) is 13.3. The average Bonchev–Trinajstić information content (AvgIpc) is 3.59. The number of fused-ring (bicyclic) bond motifs is 1. The van der Waals surface area contributed by atoms with Gasteiger partial charge in [0.2, 0.25) is 11.9 Å². The van der Waals surface area contributed by atoms with Gasteiger partial charge in [-0.1, -0.05) is 12.8 Å². The van der Waals surface area contributed by atoms with Crippen LogP contribution in [-0.2, 0) is 11.2 Å². The smallest absolute Gasteiger partial charge is 0.248 e. The minimum absolute atomic E-state index is 0.252. The van der Waals surface area contributed by atoms with E-state index >= 15 is 0 Å². The third-order valence-corrected chi connectivity index (χ3v) is 8.46. The highest BCUT2D eigenvalue weighted by atomic mass is 16.2. The van der Waals surface area contributed by atoms with Crippen LogP contribution in [0.15, 0.2) is 30.5 Å². The number of aromatic nitrogens is 2. The number of hydrogen-bond acceptors (Lipinski definition) is 7. The fraction of sp³-hybridized carbons (Fsp3) is 0.593. The number of amides is 1. The van der Waals surface area contributed by atoms with Gasteiger partial charge in [-0.05, 0) is 57.4 Å². The van der Waals surface area contributed by atoms with Gasteiger partial charge in [0.25, 0.3) is 0 Å². The summed E-state index contributed by atoms with van der Waals surface area (Å²) >= 11 is 0. The molecule has 8 heteroatoms. The van der Waals surface area contributed by atoms with Crippen LogP contribution in [0, 0.1) is 0 Å². The maximum Gasteiger partial charge on any atom is 0.248 e. The number of nitrogens with one attached hydrogen (secondary N) is 2. The van der Waals surface area contributed by atoms with Gasteiger partial charge in [-0.15, -0.1) is 0 Å². The molecule has 1 aromatic carbocycles. The van der Waals surface area contributed by atoms with Crippen molar-refractivity contribution in [2.75, 3.05) is 48.3 Å². The quantitative estimate of drug-likeness (QED) is 0.684. The number of anilines is 4. The number of carbonyl (C=O) groups excluding carboxylic acids is 1. The van der Waals surface area contributed by atoms with E-state index in [1.165, 1.54) is 18.5 Å². The van der Waals surface area contributed by atoms with Gasteiger partial charge in [0.05, 0.1) is 0 Å². The summed E-state index contributed by atoms with van der Waals surface area (Å²) in [5.41, 5.74) is 2.73. The monoisotopic (exact) mass is 475 g/mol. The summed E-state index contributed by atoms with van der Waals surface area (Å²) in [7, 11) is 0. The van der Waals surface area contributed by atoms with Crippen molar-refractivity contribution in [3.63, 3.8) is 0 Å². The number of nitrogens with zero attached hydrogens (tertiary/aromatic N) is 5. The Bertz CT molecular complexity index is 1070. The first-order chi connectivity index (χ1) is 17.0. The summed E-state index contributed by atoms with van der Waals surface area (Å²) in [6.45, 7) is 9.72. The molecule has 3 aliphatic heterocycles. The van der Waals surface area contributed by atoms with Crippen LogP contribution in [0.5, 0.6) is 0 Å². The highest BCUT2D eigenvalue weighted by molar-refractivity contribution is 5.94. The predicted molar refractivity (Wildman–Crippen MR) is 139 cm³/mol. The normalized spacial score (nSPS) is 25.1. The number of hydrogen-bond donors (Lipinski definition) is 2. The van der Waals surface area contributed by atoms with E-state index in [9.17, 15) is 4.79 Å². The largest absolute Gasteiger partial charge is 0.369 e. The Hall–Kier alpha value is -2.87. The molecule has 1 amide bonds. The van der Waals surface area contributed by atoms with E-state index in [1.54, 1.807) is 0 Å². The molecule has 3 fully saturated rings. The number of piperazine rings is 1. The Morgan fingerprint density at radius 2 is 1.80 bits per heavy atom. The minimum atomic E-state index is -0.528. The molecule has 1 aliphatic carbocycles. The molecule has 4 heterocycles. The molecule has 186 valence electrons. The number of likely N-dealkylation sites (tertiary alicyclic amines) is 1. The van der Waals surface area contributed by atoms with Crippen LogP contribution < -0.4 is 15.5 Å². The van der Waals surface area contributed by atoms with Crippen molar-refractivity contribution >= 4 is 29.0 Å². The zero-order valence-corrected chi connectivity index (χ0v) is 21.0. The van der Waals surface area contributed by atoms with Crippen LogP contribution in [0.1, 0.15) is 51.5 Å². The molecule has 2 aromatic rings. The molecule has 1 unspecified atom stereocenters. The topological polar surface area (TPSA) is 76.6 Å². The first-order valence-electron chi connectivity index (χ1n) is 13.3. The molecule has 0 bridgehead atoms. The number of benzene rings is 1. The molecule has 35 heavy (non-hydrogen) atoms. The lowest BCUT2D eigenvalue weighted by molar-refractivity contribution is -0.133. The van der Waals surface area contributed by atoms with Crippen LogP contribution in [0.3, 0.4) is 0 Å². The molecule has 2 N–H and O–H groups in total. The molecule has 8 nitrogen and oxygen atoms in total. The van der Waals surface area contributed by atoms with Gasteiger partial charge in [-0.2, -0.15) is 4.98 Å². The van der Waals surface area contributed by atoms with Crippen LogP contribution in [0.25, 0.3) is 0 Å². The molecular formula is C27H37N7O. The second-order valence-electron chi connectivity index (χ2n) is 10.9. The second kappa shape index (κ2) is 8.97. The zero-order valence-electron chi connectivity index (χ0n) is 21.0. The van der Waals surface area contributed by atoms with E-state index in [-0.39, 0.29) is 5.91 Å². The fourth-order valence-electron chi connectivity index (χ4n) is 6.32. The maximum absolute atomic E-state index is 13.4. The summed E-state index contributed by atoms with van der Waals surface area (Å²) < 4.78 is 0. The molecule has 1 aromatic heterocycles. The molecule has 1 atom stereocenters. The minimum Gasteiger partial charge on any atom is -0.369 e. The van der Waals surface area contributed by atoms with E-state index in [0.717, 1.165) is 69.1 Å². The Balaban J connectivity index is 1.09. The van der Waals surface area contributed by atoms with Crippen molar-refractivity contribution in [3.8, 4) is 0 Å². The van der Waals surface area contributed by atoms with Crippen molar-refractivity contribution in [3.05, 3.63) is 36.0 Å². The van der Waals surface area contributed by atoms with Crippen molar-refractivity contribution < 1.29 is 4.79 Å². The molecule has 2 saturated heterocycles. The first kappa shape index (κ1) is 22.6. The lowest BCUT2D eigenvalue weighted by Gasteiger charge is -2.38. The van der Waals surface area contributed by atoms with E-state index < -0.39 is 5.54 Å². The fourth-order valence-corrected chi connectivity index (χ4v) is 6.32. The van der Waals surface area contributed by atoms with Crippen molar-refractivity contribution in [1.29, 1.82) is 0 Å². The number of carbonyl (C=O) groups is 1. The Labute approximate surface area is 208 Å². The summed E-state index contributed by atoms with van der Waals surface area (Å²) in [5.74, 6) is 1.61. The average molecular weight is 476 g/mol. The predicted octanol–water partition coefficient (Wildman–Crippen LogP) is 3.63. The van der Waals surface area contributed by atoms with Crippen LogP contribution in [0.2, 0.25) is 0 Å². The Morgan fingerprint density at radius 3 is 2.51 bits per heavy atom. The summed E-state index contributed by atoms with van der Waals surface area (Å²) in [6, 6.07) is 9.56. The zero-order chi connectivity index (χ0) is 24.0. The molecule has 1 spiro atoms. The summed E-state index contributed by atoms with van der Waals surface area (Å²) in [4.78, 5) is 29.8. The second-order valence-corrected chi connectivity index (χ2v) is 10.9. The Kier molecular flexibility index (Phi) is 5.79. The van der Waals surface area contributed by atoms with Gasteiger partial charge >= 0.3 is 0 Å². The summed E-state index contributed by atoms with van der Waals surface area (Å²) in [5, 5.41) is 6.85. The van der Waals surface area contributed by atoms with Gasteiger partial charge in [0, 0.05) is 74.4 Å². The van der Waals surface area contributed by atoms with Gasteiger partial charge < -0.3 is 20.4 Å². The highest BCUT2D eigenvalue weighted by Gasteiger charge is 2.52. The Morgan fingerprint density at radius 1 is 1.06 bits per heavy atom. The van der Waals surface area contributed by atoms with Crippen molar-refractivity contribution in [2.45, 2.75) is 70.0 Å². The van der Waals surface area contributed by atoms with Gasteiger partial charge in [0.15, 0.2) is 0 Å². The maximum atomic E-state index is 13.4. The van der Waals surface area contributed by atoms with E-state index in [2.05, 4.69) is 68.4 Å². The number of rotatable bonds is 5. The molecular weight excluding hydrogens is 438 g/mol. The van der Waals surface area contributed by atoms with Crippen LogP contribution >= 0.6 is 0 Å². The SMILES string of the molecule is CC(C)N1CCN(c2ccc(Nc3ncc4c(n3)NC3(CCN(C5CCCC5)C3=O)C4)cc2)CC1. The van der Waals surface area contributed by atoms with Crippen LogP contribution in [0.4, 0.5) is 23.1 Å². The van der Waals surface area contributed by atoms with Crippen molar-refractivity contribution in [2.24, 2.45) is 0 Å². The molecule has 0 radical (unpaired) electrons. The van der Waals surface area contributed by atoms with E-state index in [0.29, 0.717) is 24.5 Å². The lowest BCUT2D eigenvalue weighted by atomic mass is 9.94.